The van der Waals surface area contributed by atoms with Gasteiger partial charge < -0.3 is 25.6 Å². The molecule has 29 heavy (non-hydrogen) atoms. The number of nitrogens with zero attached hydrogens (tertiary/aromatic N) is 1. The van der Waals surface area contributed by atoms with E-state index in [9.17, 15) is 19.2 Å². The zero-order chi connectivity index (χ0) is 21.3. The zero-order valence-electron chi connectivity index (χ0n) is 17.6. The Morgan fingerprint density at radius 2 is 1.72 bits per heavy atom. The molecule has 2 fully saturated rings. The van der Waals surface area contributed by atoms with Crippen molar-refractivity contribution in [2.45, 2.75) is 69.9 Å². The second-order valence-electron chi connectivity index (χ2n) is 7.78. The quantitative estimate of drug-likeness (QED) is 0.510. The number of rotatable bonds is 8. The van der Waals surface area contributed by atoms with Gasteiger partial charge in [0.05, 0.1) is 19.3 Å². The van der Waals surface area contributed by atoms with Crippen molar-refractivity contribution in [2.75, 3.05) is 33.4 Å². The lowest BCUT2D eigenvalue weighted by atomic mass is 9.80. The number of morpholine rings is 1. The van der Waals surface area contributed by atoms with Crippen molar-refractivity contribution < 1.29 is 23.9 Å². The van der Waals surface area contributed by atoms with Crippen LogP contribution in [0.5, 0.6) is 0 Å². The molecule has 1 aliphatic carbocycles. The van der Waals surface area contributed by atoms with Gasteiger partial charge >= 0.3 is 6.03 Å². The third-order valence-electron chi connectivity index (χ3n) is 5.71. The van der Waals surface area contributed by atoms with E-state index in [2.05, 4.69) is 16.0 Å². The standard InChI is InChI=1S/C20H34N4O5/c1-3-4-8-15(16(25)17(26)21-2)22-18(27)20(9-6-5-7-10-20)23-19(28)24-11-13-29-14-12-24/h15H,3-14H2,1-2H3,(H,21,26)(H,22,27)(H,23,28)/t15-/m0/s1. The van der Waals surface area contributed by atoms with Crippen molar-refractivity contribution in [2.24, 2.45) is 0 Å². The van der Waals surface area contributed by atoms with Gasteiger partial charge in [0.25, 0.3) is 5.91 Å². The van der Waals surface area contributed by atoms with Gasteiger partial charge in [0.2, 0.25) is 11.7 Å². The maximum atomic E-state index is 13.3. The molecule has 1 saturated carbocycles. The first-order valence-electron chi connectivity index (χ1n) is 10.6. The Morgan fingerprint density at radius 3 is 2.31 bits per heavy atom. The van der Waals surface area contributed by atoms with E-state index in [0.717, 1.165) is 25.7 Å². The second-order valence-corrected chi connectivity index (χ2v) is 7.78. The third kappa shape index (κ3) is 6.16. The van der Waals surface area contributed by atoms with E-state index in [4.69, 9.17) is 4.74 Å². The lowest BCUT2D eigenvalue weighted by molar-refractivity contribution is -0.140. The number of unbranched alkanes of at least 4 members (excludes halogenated alkanes) is 1. The van der Waals surface area contributed by atoms with Crippen LogP contribution in [0, 0.1) is 0 Å². The molecule has 9 heteroatoms. The number of carbonyl (C=O) groups excluding carboxylic acids is 4. The van der Waals surface area contributed by atoms with Crippen molar-refractivity contribution >= 4 is 23.6 Å². The van der Waals surface area contributed by atoms with Crippen LogP contribution in [0.4, 0.5) is 4.79 Å². The molecular formula is C20H34N4O5. The van der Waals surface area contributed by atoms with Crippen LogP contribution in [-0.4, -0.2) is 73.5 Å². The first kappa shape index (κ1) is 23.1. The smallest absolute Gasteiger partial charge is 0.318 e. The van der Waals surface area contributed by atoms with Gasteiger partial charge in [-0.25, -0.2) is 4.79 Å². The molecule has 2 aliphatic rings. The van der Waals surface area contributed by atoms with Crippen LogP contribution in [0.15, 0.2) is 0 Å². The molecule has 0 aromatic rings. The highest BCUT2D eigenvalue weighted by Gasteiger charge is 2.43. The average molecular weight is 411 g/mol. The number of urea groups is 1. The first-order chi connectivity index (χ1) is 13.9. The van der Waals surface area contributed by atoms with Crippen LogP contribution in [-0.2, 0) is 19.1 Å². The summed E-state index contributed by atoms with van der Waals surface area (Å²) in [4.78, 5) is 52.0. The van der Waals surface area contributed by atoms with Crippen LogP contribution in [0.2, 0.25) is 0 Å². The van der Waals surface area contributed by atoms with Crippen molar-refractivity contribution in [1.29, 1.82) is 0 Å². The van der Waals surface area contributed by atoms with E-state index in [1.165, 1.54) is 7.05 Å². The molecule has 0 aromatic heterocycles. The molecule has 1 heterocycles. The van der Waals surface area contributed by atoms with E-state index in [-0.39, 0.29) is 11.9 Å². The van der Waals surface area contributed by atoms with E-state index in [1.807, 2.05) is 6.92 Å². The normalized spacial score (nSPS) is 19.7. The van der Waals surface area contributed by atoms with Gasteiger partial charge in [0.15, 0.2) is 0 Å². The molecule has 1 atom stereocenters. The van der Waals surface area contributed by atoms with Gasteiger partial charge in [0.1, 0.15) is 5.54 Å². The summed E-state index contributed by atoms with van der Waals surface area (Å²) in [5.74, 6) is -1.75. The summed E-state index contributed by atoms with van der Waals surface area (Å²) < 4.78 is 5.29. The topological polar surface area (TPSA) is 117 Å². The van der Waals surface area contributed by atoms with E-state index in [0.29, 0.717) is 52.0 Å². The first-order valence-corrected chi connectivity index (χ1v) is 10.6. The summed E-state index contributed by atoms with van der Waals surface area (Å²) in [5.41, 5.74) is -1.05. The Labute approximate surface area is 172 Å². The minimum absolute atomic E-state index is 0.284. The summed E-state index contributed by atoms with van der Waals surface area (Å²) in [6.45, 7) is 3.91. The van der Waals surface area contributed by atoms with Crippen LogP contribution in [0.1, 0.15) is 58.3 Å². The predicted octanol–water partition coefficient (Wildman–Crippen LogP) is 0.721. The Morgan fingerprint density at radius 1 is 1.07 bits per heavy atom. The van der Waals surface area contributed by atoms with Crippen molar-refractivity contribution in [1.82, 2.24) is 20.9 Å². The Bertz CT molecular complexity index is 598. The molecule has 0 unspecified atom stereocenters. The number of nitrogens with one attached hydrogen (secondary N) is 3. The molecule has 0 aromatic carbocycles. The van der Waals surface area contributed by atoms with Gasteiger partial charge in [-0.2, -0.15) is 0 Å². The largest absolute Gasteiger partial charge is 0.378 e. The SMILES string of the molecule is CCCC[C@H](NC(=O)C1(NC(=O)N2CCOCC2)CCCCC1)C(=O)C(=O)NC. The van der Waals surface area contributed by atoms with Gasteiger partial charge in [-0.3, -0.25) is 14.4 Å². The molecule has 4 amide bonds. The van der Waals surface area contributed by atoms with Crippen LogP contribution in [0.3, 0.4) is 0 Å². The number of ether oxygens (including phenoxy) is 1. The van der Waals surface area contributed by atoms with Crippen molar-refractivity contribution in [3.05, 3.63) is 0 Å². The van der Waals surface area contributed by atoms with Crippen LogP contribution >= 0.6 is 0 Å². The minimum atomic E-state index is -1.05. The van der Waals surface area contributed by atoms with Gasteiger partial charge in [-0.05, 0) is 19.3 Å². The molecule has 2 rings (SSSR count). The number of ketones is 1. The fraction of sp³-hybridized carbons (Fsp3) is 0.800. The zero-order valence-corrected chi connectivity index (χ0v) is 17.6. The van der Waals surface area contributed by atoms with Gasteiger partial charge in [-0.1, -0.05) is 39.0 Å². The number of hydrogen-bond donors (Lipinski definition) is 3. The van der Waals surface area contributed by atoms with Gasteiger partial charge in [0, 0.05) is 20.1 Å². The molecule has 164 valence electrons. The average Bonchev–Trinajstić information content (AvgIpc) is 2.76. The number of amides is 4. The number of hydrogen-bond acceptors (Lipinski definition) is 5. The monoisotopic (exact) mass is 410 g/mol. The molecular weight excluding hydrogens is 376 g/mol. The Kier molecular flexibility index (Phi) is 8.88. The second kappa shape index (κ2) is 11.1. The van der Waals surface area contributed by atoms with Gasteiger partial charge in [-0.15, -0.1) is 0 Å². The number of Topliss-reactive ketones (excluding diaryl/α,β-unsaturated/α-hetero) is 1. The van der Waals surface area contributed by atoms with Crippen molar-refractivity contribution in [3.8, 4) is 0 Å². The van der Waals surface area contributed by atoms with E-state index < -0.39 is 23.3 Å². The third-order valence-corrected chi connectivity index (χ3v) is 5.71. The molecule has 9 nitrogen and oxygen atoms in total. The molecule has 0 spiro atoms. The van der Waals surface area contributed by atoms with Crippen molar-refractivity contribution in [3.63, 3.8) is 0 Å². The Hall–Kier alpha value is -2.16. The summed E-state index contributed by atoms with van der Waals surface area (Å²) in [7, 11) is 1.39. The molecule has 1 saturated heterocycles. The highest BCUT2D eigenvalue weighted by atomic mass is 16.5. The molecule has 0 bridgehead atoms. The fourth-order valence-corrected chi connectivity index (χ4v) is 3.87. The fourth-order valence-electron chi connectivity index (χ4n) is 3.87. The summed E-state index contributed by atoms with van der Waals surface area (Å²) in [6.07, 6.45) is 5.61. The number of carbonyl (C=O) groups is 4. The molecule has 0 radical (unpaired) electrons. The van der Waals surface area contributed by atoms with E-state index in [1.54, 1.807) is 4.90 Å². The minimum Gasteiger partial charge on any atom is -0.378 e. The summed E-state index contributed by atoms with van der Waals surface area (Å²) >= 11 is 0. The number of likely N-dealkylation sites (N-methyl/N-ethyl adjacent to an activating group) is 1. The predicted molar refractivity (Wildman–Crippen MR) is 107 cm³/mol. The Balaban J connectivity index is 2.13. The summed E-state index contributed by atoms with van der Waals surface area (Å²) in [5, 5.41) is 8.06. The lowest BCUT2D eigenvalue weighted by Crippen LogP contribution is -2.64. The van der Waals surface area contributed by atoms with E-state index >= 15 is 0 Å². The highest BCUT2D eigenvalue weighted by molar-refractivity contribution is 6.38. The maximum absolute atomic E-state index is 13.3. The highest BCUT2D eigenvalue weighted by Crippen LogP contribution is 2.29. The maximum Gasteiger partial charge on any atom is 0.318 e. The van der Waals surface area contributed by atoms with Crippen LogP contribution in [0.25, 0.3) is 0 Å². The molecule has 3 N–H and O–H groups in total. The molecule has 1 aliphatic heterocycles. The lowest BCUT2D eigenvalue weighted by Gasteiger charge is -2.39. The summed E-state index contributed by atoms with van der Waals surface area (Å²) in [6, 6.07) is -1.17. The van der Waals surface area contributed by atoms with Crippen LogP contribution < -0.4 is 16.0 Å².